The molecule has 0 aliphatic rings. The average Bonchev–Trinajstić information content (AvgIpc) is 2.77. The van der Waals surface area contributed by atoms with Crippen LogP contribution in [0.25, 0.3) is 0 Å². The molecule has 1 heterocycles. The van der Waals surface area contributed by atoms with Gasteiger partial charge in [-0.05, 0) is 67.0 Å². The van der Waals surface area contributed by atoms with Crippen molar-refractivity contribution in [3.8, 4) is 5.75 Å². The summed E-state index contributed by atoms with van der Waals surface area (Å²) in [5.74, 6) is 2.77. The Bertz CT molecular complexity index is 607. The summed E-state index contributed by atoms with van der Waals surface area (Å²) >= 11 is 3.59. The molecule has 1 aromatic heterocycles. The van der Waals surface area contributed by atoms with Gasteiger partial charge < -0.3 is 14.5 Å². The van der Waals surface area contributed by atoms with E-state index in [1.54, 1.807) is 0 Å². The molecule has 0 saturated heterocycles. The van der Waals surface area contributed by atoms with Crippen LogP contribution in [0.2, 0.25) is 0 Å². The van der Waals surface area contributed by atoms with E-state index in [0.717, 1.165) is 28.3 Å². The summed E-state index contributed by atoms with van der Waals surface area (Å²) in [7, 11) is 0. The number of ether oxygens (including phenoxy) is 1. The molecule has 114 valence electrons. The highest BCUT2D eigenvalue weighted by atomic mass is 79.9. The first kappa shape index (κ1) is 16.1. The molecule has 0 aliphatic carbocycles. The first-order valence-corrected chi connectivity index (χ1v) is 8.08. The highest BCUT2D eigenvalue weighted by Gasteiger charge is 2.19. The van der Waals surface area contributed by atoms with E-state index in [9.17, 15) is 0 Å². The van der Waals surface area contributed by atoms with Crippen molar-refractivity contribution in [3.63, 3.8) is 0 Å². The lowest BCUT2D eigenvalue weighted by molar-refractivity contribution is 0.338. The smallest absolute Gasteiger partial charge is 0.133 e. The van der Waals surface area contributed by atoms with Crippen molar-refractivity contribution < 1.29 is 9.15 Å². The third kappa shape index (κ3) is 3.69. The predicted molar refractivity (Wildman–Crippen MR) is 89.0 cm³/mol. The zero-order valence-corrected chi connectivity index (χ0v) is 14.6. The van der Waals surface area contributed by atoms with Gasteiger partial charge in [0, 0.05) is 5.56 Å². The molecule has 1 atom stereocenters. The molecule has 21 heavy (non-hydrogen) atoms. The van der Waals surface area contributed by atoms with Crippen LogP contribution in [0.4, 0.5) is 0 Å². The first-order valence-electron chi connectivity index (χ1n) is 7.29. The summed E-state index contributed by atoms with van der Waals surface area (Å²) in [5.41, 5.74) is 2.38. The van der Waals surface area contributed by atoms with Crippen LogP contribution in [0.5, 0.6) is 5.75 Å². The fraction of sp³-hybridized carbons (Fsp3) is 0.412. The van der Waals surface area contributed by atoms with E-state index in [0.29, 0.717) is 6.61 Å². The van der Waals surface area contributed by atoms with E-state index in [-0.39, 0.29) is 6.04 Å². The number of halogens is 1. The zero-order chi connectivity index (χ0) is 15.4. The standard InChI is InChI=1S/C17H22BrNO2/c1-5-19-17(14-9-11(3)21-12(14)4)13-7-8-16(20-6-2)15(18)10-13/h7-10,17,19H,5-6H2,1-4H3. The molecule has 2 aromatic rings. The van der Waals surface area contributed by atoms with Crippen molar-refractivity contribution in [2.45, 2.75) is 33.7 Å². The zero-order valence-electron chi connectivity index (χ0n) is 13.0. The molecule has 0 bridgehead atoms. The minimum Gasteiger partial charge on any atom is -0.493 e. The Labute approximate surface area is 134 Å². The molecular weight excluding hydrogens is 330 g/mol. The molecule has 0 radical (unpaired) electrons. The Kier molecular flexibility index (Phi) is 5.48. The Balaban J connectivity index is 2.38. The average molecular weight is 352 g/mol. The molecule has 0 spiro atoms. The number of hydrogen-bond acceptors (Lipinski definition) is 3. The predicted octanol–water partition coefficient (Wildman–Crippen LogP) is 4.76. The van der Waals surface area contributed by atoms with Crippen molar-refractivity contribution in [2.24, 2.45) is 0 Å². The third-order valence-corrected chi connectivity index (χ3v) is 4.01. The molecule has 4 heteroatoms. The van der Waals surface area contributed by atoms with Crippen LogP contribution < -0.4 is 10.1 Å². The normalized spacial score (nSPS) is 12.4. The maximum absolute atomic E-state index is 5.68. The van der Waals surface area contributed by atoms with E-state index >= 15 is 0 Å². The summed E-state index contributed by atoms with van der Waals surface area (Å²) < 4.78 is 12.2. The summed E-state index contributed by atoms with van der Waals surface area (Å²) in [5, 5.41) is 3.53. The van der Waals surface area contributed by atoms with Crippen molar-refractivity contribution in [1.29, 1.82) is 0 Å². The number of nitrogens with one attached hydrogen (secondary N) is 1. The molecule has 0 saturated carbocycles. The molecule has 1 unspecified atom stereocenters. The largest absolute Gasteiger partial charge is 0.493 e. The van der Waals surface area contributed by atoms with Gasteiger partial charge in [-0.2, -0.15) is 0 Å². The van der Waals surface area contributed by atoms with Gasteiger partial charge in [-0.1, -0.05) is 13.0 Å². The summed E-state index contributed by atoms with van der Waals surface area (Å²) in [6.45, 7) is 9.63. The fourth-order valence-corrected chi connectivity index (χ4v) is 3.03. The highest BCUT2D eigenvalue weighted by Crippen LogP contribution is 2.32. The van der Waals surface area contributed by atoms with E-state index in [2.05, 4.69) is 46.4 Å². The molecule has 2 rings (SSSR count). The van der Waals surface area contributed by atoms with Gasteiger partial charge in [0.25, 0.3) is 0 Å². The first-order chi connectivity index (χ1) is 10.1. The lowest BCUT2D eigenvalue weighted by Crippen LogP contribution is -2.22. The number of benzene rings is 1. The topological polar surface area (TPSA) is 34.4 Å². The second-order valence-electron chi connectivity index (χ2n) is 4.98. The second kappa shape index (κ2) is 7.14. The van der Waals surface area contributed by atoms with Crippen molar-refractivity contribution in [3.05, 3.63) is 51.4 Å². The Morgan fingerprint density at radius 3 is 2.52 bits per heavy atom. The Hall–Kier alpha value is -1.26. The van der Waals surface area contributed by atoms with Gasteiger partial charge in [-0.3, -0.25) is 0 Å². The Morgan fingerprint density at radius 2 is 2.00 bits per heavy atom. The molecular formula is C17H22BrNO2. The summed E-state index contributed by atoms with van der Waals surface area (Å²) in [4.78, 5) is 0. The molecule has 1 aromatic carbocycles. The van der Waals surface area contributed by atoms with Crippen LogP contribution in [0.1, 0.15) is 42.5 Å². The third-order valence-electron chi connectivity index (χ3n) is 3.39. The number of rotatable bonds is 6. The summed E-state index contributed by atoms with van der Waals surface area (Å²) in [6, 6.07) is 8.45. The molecule has 0 amide bonds. The van der Waals surface area contributed by atoms with Gasteiger partial charge in [0.05, 0.1) is 17.1 Å². The minimum absolute atomic E-state index is 0.124. The van der Waals surface area contributed by atoms with Gasteiger partial charge >= 0.3 is 0 Å². The van der Waals surface area contributed by atoms with Gasteiger partial charge in [0.15, 0.2) is 0 Å². The van der Waals surface area contributed by atoms with Crippen LogP contribution in [0.15, 0.2) is 33.2 Å². The lowest BCUT2D eigenvalue weighted by Gasteiger charge is -2.19. The van der Waals surface area contributed by atoms with Crippen molar-refractivity contribution in [2.75, 3.05) is 13.2 Å². The maximum Gasteiger partial charge on any atom is 0.133 e. The van der Waals surface area contributed by atoms with Gasteiger partial charge in [-0.25, -0.2) is 0 Å². The van der Waals surface area contributed by atoms with Gasteiger partial charge in [0.2, 0.25) is 0 Å². The van der Waals surface area contributed by atoms with Crippen LogP contribution >= 0.6 is 15.9 Å². The van der Waals surface area contributed by atoms with E-state index in [1.807, 2.05) is 26.8 Å². The number of furan rings is 1. The molecule has 0 aliphatic heterocycles. The van der Waals surface area contributed by atoms with Crippen LogP contribution in [-0.4, -0.2) is 13.2 Å². The summed E-state index contributed by atoms with van der Waals surface area (Å²) in [6.07, 6.45) is 0. The monoisotopic (exact) mass is 351 g/mol. The maximum atomic E-state index is 5.68. The quantitative estimate of drug-likeness (QED) is 0.814. The van der Waals surface area contributed by atoms with E-state index in [1.165, 1.54) is 11.1 Å². The number of hydrogen-bond donors (Lipinski definition) is 1. The second-order valence-corrected chi connectivity index (χ2v) is 5.84. The van der Waals surface area contributed by atoms with Crippen molar-refractivity contribution in [1.82, 2.24) is 5.32 Å². The molecule has 0 fully saturated rings. The van der Waals surface area contributed by atoms with Crippen LogP contribution in [0.3, 0.4) is 0 Å². The van der Waals surface area contributed by atoms with Crippen LogP contribution in [-0.2, 0) is 0 Å². The fourth-order valence-electron chi connectivity index (χ4n) is 2.52. The van der Waals surface area contributed by atoms with Crippen LogP contribution in [0, 0.1) is 13.8 Å². The van der Waals surface area contributed by atoms with E-state index in [4.69, 9.17) is 9.15 Å². The highest BCUT2D eigenvalue weighted by molar-refractivity contribution is 9.10. The van der Waals surface area contributed by atoms with Gasteiger partial charge in [-0.15, -0.1) is 0 Å². The van der Waals surface area contributed by atoms with E-state index < -0.39 is 0 Å². The van der Waals surface area contributed by atoms with Gasteiger partial charge in [0.1, 0.15) is 17.3 Å². The lowest BCUT2D eigenvalue weighted by atomic mass is 9.98. The number of aryl methyl sites for hydroxylation is 2. The molecule has 3 nitrogen and oxygen atoms in total. The molecule has 1 N–H and O–H groups in total. The SMILES string of the molecule is CCNC(c1ccc(OCC)c(Br)c1)c1cc(C)oc1C. The van der Waals surface area contributed by atoms with Crippen molar-refractivity contribution >= 4 is 15.9 Å². The minimum atomic E-state index is 0.124. The Morgan fingerprint density at radius 1 is 1.24 bits per heavy atom.